The standard InChI is InChI=1S/C12H15N3O2/c1-14(2)7-11(16)15-8-13-9-5-4-6-10(17-3)12(9)15/h4-6,8H,7H2,1-3H3. The van der Waals surface area contributed by atoms with Crippen molar-refractivity contribution >= 4 is 16.9 Å². The summed E-state index contributed by atoms with van der Waals surface area (Å²) < 4.78 is 6.79. The van der Waals surface area contributed by atoms with E-state index in [2.05, 4.69) is 4.98 Å². The first-order chi connectivity index (χ1) is 8.13. The second-order valence-corrected chi connectivity index (χ2v) is 4.07. The Hall–Kier alpha value is -1.88. The summed E-state index contributed by atoms with van der Waals surface area (Å²) in [6, 6.07) is 5.54. The van der Waals surface area contributed by atoms with Crippen molar-refractivity contribution in [3.8, 4) is 5.75 Å². The number of hydrogen-bond acceptors (Lipinski definition) is 4. The second-order valence-electron chi connectivity index (χ2n) is 4.07. The molecule has 5 heteroatoms. The Morgan fingerprint density at radius 1 is 1.47 bits per heavy atom. The number of imidazole rings is 1. The summed E-state index contributed by atoms with van der Waals surface area (Å²) in [7, 11) is 5.30. The first-order valence-electron chi connectivity index (χ1n) is 5.31. The number of ether oxygens (including phenoxy) is 1. The maximum atomic E-state index is 12.0. The van der Waals surface area contributed by atoms with Crippen molar-refractivity contribution in [2.24, 2.45) is 0 Å². The fraction of sp³-hybridized carbons (Fsp3) is 0.333. The lowest BCUT2D eigenvalue weighted by atomic mass is 10.3. The van der Waals surface area contributed by atoms with Gasteiger partial charge < -0.3 is 9.64 Å². The minimum absolute atomic E-state index is 0.0259. The van der Waals surface area contributed by atoms with Gasteiger partial charge in [0.2, 0.25) is 5.91 Å². The molecule has 1 aromatic heterocycles. The van der Waals surface area contributed by atoms with Crippen LogP contribution < -0.4 is 4.74 Å². The molecule has 0 radical (unpaired) electrons. The fourth-order valence-electron chi connectivity index (χ4n) is 1.74. The molecule has 0 saturated heterocycles. The monoisotopic (exact) mass is 233 g/mol. The van der Waals surface area contributed by atoms with Gasteiger partial charge in [0.1, 0.15) is 17.6 Å². The summed E-state index contributed by atoms with van der Waals surface area (Å²) in [5.74, 6) is 0.633. The van der Waals surface area contributed by atoms with Crippen LogP contribution in [-0.2, 0) is 0 Å². The van der Waals surface area contributed by atoms with Gasteiger partial charge in [-0.3, -0.25) is 9.36 Å². The van der Waals surface area contributed by atoms with Crippen molar-refractivity contribution in [1.82, 2.24) is 14.5 Å². The van der Waals surface area contributed by atoms with E-state index in [-0.39, 0.29) is 5.91 Å². The molecule has 0 unspecified atom stereocenters. The number of fused-ring (bicyclic) bond motifs is 1. The van der Waals surface area contributed by atoms with Crippen molar-refractivity contribution in [2.45, 2.75) is 0 Å². The highest BCUT2D eigenvalue weighted by atomic mass is 16.5. The molecule has 0 aliphatic heterocycles. The number of carbonyl (C=O) groups excluding carboxylic acids is 1. The van der Waals surface area contributed by atoms with E-state index in [9.17, 15) is 4.79 Å². The van der Waals surface area contributed by atoms with Crippen LogP contribution in [0.15, 0.2) is 24.5 Å². The van der Waals surface area contributed by atoms with E-state index in [0.717, 1.165) is 11.0 Å². The normalized spacial score (nSPS) is 11.1. The van der Waals surface area contributed by atoms with Crippen LogP contribution in [0.5, 0.6) is 5.75 Å². The lowest BCUT2D eigenvalue weighted by Crippen LogP contribution is -2.25. The van der Waals surface area contributed by atoms with E-state index >= 15 is 0 Å². The first kappa shape index (κ1) is 11.6. The zero-order chi connectivity index (χ0) is 12.4. The zero-order valence-corrected chi connectivity index (χ0v) is 10.2. The molecule has 0 amide bonds. The topological polar surface area (TPSA) is 47.4 Å². The average Bonchev–Trinajstić information content (AvgIpc) is 2.71. The summed E-state index contributed by atoms with van der Waals surface area (Å²) in [5, 5.41) is 0. The van der Waals surface area contributed by atoms with Crippen molar-refractivity contribution in [3.63, 3.8) is 0 Å². The molecule has 90 valence electrons. The van der Waals surface area contributed by atoms with Gasteiger partial charge >= 0.3 is 0 Å². The van der Waals surface area contributed by atoms with E-state index in [4.69, 9.17) is 4.74 Å². The van der Waals surface area contributed by atoms with Crippen molar-refractivity contribution < 1.29 is 9.53 Å². The Kier molecular flexibility index (Phi) is 3.10. The molecular weight excluding hydrogens is 218 g/mol. The SMILES string of the molecule is COc1cccc2ncn(C(=O)CN(C)C)c12. The van der Waals surface area contributed by atoms with Crippen LogP contribution in [0.1, 0.15) is 4.79 Å². The lowest BCUT2D eigenvalue weighted by molar-refractivity contribution is 0.0880. The summed E-state index contributed by atoms with van der Waals surface area (Å²) in [5.41, 5.74) is 1.48. The molecule has 0 saturated carbocycles. The number of hydrogen-bond donors (Lipinski definition) is 0. The quantitative estimate of drug-likeness (QED) is 0.800. The molecule has 0 N–H and O–H groups in total. The van der Waals surface area contributed by atoms with Crippen molar-refractivity contribution in [2.75, 3.05) is 27.7 Å². The summed E-state index contributed by atoms with van der Waals surface area (Å²) in [6.45, 7) is 0.337. The number of para-hydroxylation sites is 1. The molecule has 0 fully saturated rings. The Bertz CT molecular complexity index is 546. The maximum absolute atomic E-state index is 12.0. The molecule has 2 rings (SSSR count). The van der Waals surface area contributed by atoms with Crippen LogP contribution in [0.4, 0.5) is 0 Å². The predicted molar refractivity (Wildman–Crippen MR) is 65.5 cm³/mol. The second kappa shape index (κ2) is 4.55. The van der Waals surface area contributed by atoms with Crippen molar-refractivity contribution in [3.05, 3.63) is 24.5 Å². The molecule has 1 heterocycles. The highest BCUT2D eigenvalue weighted by Gasteiger charge is 2.14. The predicted octanol–water partition coefficient (Wildman–Crippen LogP) is 1.25. The zero-order valence-electron chi connectivity index (χ0n) is 10.2. The van der Waals surface area contributed by atoms with Crippen LogP contribution in [0, 0.1) is 0 Å². The minimum Gasteiger partial charge on any atom is -0.494 e. The van der Waals surface area contributed by atoms with Gasteiger partial charge in [0.25, 0.3) is 0 Å². The lowest BCUT2D eigenvalue weighted by Gasteiger charge is -2.10. The van der Waals surface area contributed by atoms with Gasteiger partial charge in [-0.15, -0.1) is 0 Å². The number of aromatic nitrogens is 2. The number of carbonyl (C=O) groups is 1. The van der Waals surface area contributed by atoms with E-state index in [0.29, 0.717) is 12.3 Å². The van der Waals surface area contributed by atoms with E-state index in [1.54, 1.807) is 13.4 Å². The van der Waals surface area contributed by atoms with Gasteiger partial charge in [-0.05, 0) is 26.2 Å². The largest absolute Gasteiger partial charge is 0.494 e. The van der Waals surface area contributed by atoms with Gasteiger partial charge in [-0.2, -0.15) is 0 Å². The van der Waals surface area contributed by atoms with Crippen LogP contribution in [-0.4, -0.2) is 48.1 Å². The minimum atomic E-state index is -0.0259. The Morgan fingerprint density at radius 3 is 2.88 bits per heavy atom. The van der Waals surface area contributed by atoms with Gasteiger partial charge in [-0.1, -0.05) is 6.07 Å². The average molecular weight is 233 g/mol. The third-order valence-corrected chi connectivity index (χ3v) is 2.47. The highest BCUT2D eigenvalue weighted by Crippen LogP contribution is 2.24. The summed E-state index contributed by atoms with van der Waals surface area (Å²) in [6.07, 6.45) is 1.54. The van der Waals surface area contributed by atoms with Gasteiger partial charge in [0.05, 0.1) is 19.2 Å². The van der Waals surface area contributed by atoms with Gasteiger partial charge in [0.15, 0.2) is 0 Å². The van der Waals surface area contributed by atoms with Gasteiger partial charge in [0, 0.05) is 0 Å². The molecule has 0 aliphatic carbocycles. The van der Waals surface area contributed by atoms with Crippen LogP contribution in [0.3, 0.4) is 0 Å². The van der Waals surface area contributed by atoms with Gasteiger partial charge in [-0.25, -0.2) is 4.98 Å². The Labute approximate surface area is 99.6 Å². The first-order valence-corrected chi connectivity index (χ1v) is 5.31. The third-order valence-electron chi connectivity index (χ3n) is 2.47. The fourth-order valence-corrected chi connectivity index (χ4v) is 1.74. The number of nitrogens with zero attached hydrogens (tertiary/aromatic N) is 3. The van der Waals surface area contributed by atoms with Crippen LogP contribution in [0.2, 0.25) is 0 Å². The third kappa shape index (κ3) is 2.14. The molecule has 0 aliphatic rings. The van der Waals surface area contributed by atoms with E-state index in [1.165, 1.54) is 4.57 Å². The van der Waals surface area contributed by atoms with Crippen LogP contribution in [0.25, 0.3) is 11.0 Å². The van der Waals surface area contributed by atoms with Crippen LogP contribution >= 0.6 is 0 Å². The molecule has 17 heavy (non-hydrogen) atoms. The smallest absolute Gasteiger partial charge is 0.246 e. The molecule has 0 spiro atoms. The molecule has 1 aromatic carbocycles. The summed E-state index contributed by atoms with van der Waals surface area (Å²) >= 11 is 0. The van der Waals surface area contributed by atoms with Crippen molar-refractivity contribution in [1.29, 1.82) is 0 Å². The molecule has 0 bridgehead atoms. The maximum Gasteiger partial charge on any atom is 0.246 e. The highest BCUT2D eigenvalue weighted by molar-refractivity contribution is 5.94. The van der Waals surface area contributed by atoms with E-state index < -0.39 is 0 Å². The molecular formula is C12H15N3O2. The molecule has 2 aromatic rings. The number of methoxy groups -OCH3 is 1. The Morgan fingerprint density at radius 2 is 2.24 bits per heavy atom. The summed E-state index contributed by atoms with van der Waals surface area (Å²) in [4.78, 5) is 18.0. The number of rotatable bonds is 3. The van der Waals surface area contributed by atoms with E-state index in [1.807, 2.05) is 37.2 Å². The molecule has 5 nitrogen and oxygen atoms in total. The molecule has 0 atom stereocenters. The Balaban J connectivity index is 2.51. The number of benzene rings is 1. The number of likely N-dealkylation sites (N-methyl/N-ethyl adjacent to an activating group) is 1.